The minimum absolute atomic E-state index is 0.254. The number of thiophene rings is 1. The summed E-state index contributed by atoms with van der Waals surface area (Å²) in [4.78, 5) is 16.6. The SMILES string of the molecule is CC(=O)CCCc1nc(-c2ccc(Br)s2)cs1. The molecule has 0 N–H and O–H groups in total. The fraction of sp³-hybridized carbons (Fsp3) is 0.333. The van der Waals surface area contributed by atoms with Crippen molar-refractivity contribution in [3.05, 3.63) is 26.3 Å². The second kappa shape index (κ2) is 5.89. The highest BCUT2D eigenvalue weighted by atomic mass is 79.9. The summed E-state index contributed by atoms with van der Waals surface area (Å²) < 4.78 is 1.12. The zero-order valence-corrected chi connectivity index (χ0v) is 12.6. The molecule has 0 aliphatic rings. The van der Waals surface area contributed by atoms with E-state index in [0.29, 0.717) is 6.42 Å². The van der Waals surface area contributed by atoms with E-state index in [1.54, 1.807) is 29.6 Å². The van der Waals surface area contributed by atoms with Crippen LogP contribution in [-0.4, -0.2) is 10.8 Å². The summed E-state index contributed by atoms with van der Waals surface area (Å²) in [6.07, 6.45) is 2.45. The van der Waals surface area contributed by atoms with Crippen LogP contribution in [-0.2, 0) is 11.2 Å². The Kier molecular flexibility index (Phi) is 4.48. The number of carbonyl (C=O) groups excluding carboxylic acids is 1. The molecule has 2 rings (SSSR count). The van der Waals surface area contributed by atoms with Crippen molar-refractivity contribution in [1.29, 1.82) is 0 Å². The number of Topliss-reactive ketones (excluding diaryl/α,β-unsaturated/α-hetero) is 1. The van der Waals surface area contributed by atoms with Gasteiger partial charge in [-0.3, -0.25) is 0 Å². The van der Waals surface area contributed by atoms with Crippen LogP contribution < -0.4 is 0 Å². The summed E-state index contributed by atoms with van der Waals surface area (Å²) in [5.41, 5.74) is 1.04. The van der Waals surface area contributed by atoms with Crippen molar-refractivity contribution in [2.75, 3.05) is 0 Å². The van der Waals surface area contributed by atoms with Gasteiger partial charge >= 0.3 is 0 Å². The Balaban J connectivity index is 1.98. The van der Waals surface area contributed by atoms with E-state index in [0.717, 1.165) is 27.3 Å². The fourth-order valence-electron chi connectivity index (χ4n) is 1.48. The largest absolute Gasteiger partial charge is 0.300 e. The molecule has 0 spiro atoms. The summed E-state index contributed by atoms with van der Waals surface area (Å²) in [6.45, 7) is 1.64. The van der Waals surface area contributed by atoms with Crippen molar-refractivity contribution < 1.29 is 4.79 Å². The van der Waals surface area contributed by atoms with E-state index in [2.05, 4.69) is 32.4 Å². The van der Waals surface area contributed by atoms with Gasteiger partial charge in [0.2, 0.25) is 0 Å². The predicted molar refractivity (Wildman–Crippen MR) is 76.7 cm³/mol. The number of hydrogen-bond donors (Lipinski definition) is 0. The molecule has 0 saturated carbocycles. The summed E-state index contributed by atoms with van der Waals surface area (Å²) in [7, 11) is 0. The third-order valence-corrected chi connectivity index (χ3v) is 4.85. The highest BCUT2D eigenvalue weighted by Crippen LogP contribution is 2.32. The molecule has 2 heterocycles. The molecule has 0 saturated heterocycles. The van der Waals surface area contributed by atoms with Gasteiger partial charge in [0, 0.05) is 11.8 Å². The molecule has 0 bridgehead atoms. The number of nitrogens with zero attached hydrogens (tertiary/aromatic N) is 1. The predicted octanol–water partition coefficient (Wildman–Crippen LogP) is 4.55. The highest BCUT2D eigenvalue weighted by molar-refractivity contribution is 9.11. The van der Waals surface area contributed by atoms with E-state index < -0.39 is 0 Å². The number of ketones is 1. The number of carbonyl (C=O) groups is 1. The highest BCUT2D eigenvalue weighted by Gasteiger charge is 2.07. The van der Waals surface area contributed by atoms with Crippen molar-refractivity contribution >= 4 is 44.4 Å². The summed E-state index contributed by atoms with van der Waals surface area (Å²) in [5, 5.41) is 3.20. The first-order valence-electron chi connectivity index (χ1n) is 5.34. The Morgan fingerprint density at radius 1 is 1.47 bits per heavy atom. The van der Waals surface area contributed by atoms with Crippen molar-refractivity contribution in [1.82, 2.24) is 4.98 Å². The lowest BCUT2D eigenvalue weighted by atomic mass is 10.2. The van der Waals surface area contributed by atoms with Crippen LogP contribution in [0.4, 0.5) is 0 Å². The molecule has 0 radical (unpaired) electrons. The van der Waals surface area contributed by atoms with E-state index in [-0.39, 0.29) is 5.78 Å². The molecule has 2 aromatic rings. The maximum absolute atomic E-state index is 10.8. The van der Waals surface area contributed by atoms with Crippen LogP contribution in [0.2, 0.25) is 0 Å². The lowest BCUT2D eigenvalue weighted by Gasteiger charge is -1.93. The topological polar surface area (TPSA) is 30.0 Å². The zero-order valence-electron chi connectivity index (χ0n) is 9.40. The van der Waals surface area contributed by atoms with Crippen LogP contribution in [0, 0.1) is 0 Å². The van der Waals surface area contributed by atoms with Crippen molar-refractivity contribution in [3.63, 3.8) is 0 Å². The molecule has 0 aliphatic carbocycles. The number of hydrogen-bond acceptors (Lipinski definition) is 4. The Bertz CT molecular complexity index is 518. The monoisotopic (exact) mass is 329 g/mol. The van der Waals surface area contributed by atoms with Gasteiger partial charge in [0.25, 0.3) is 0 Å². The molecule has 0 aromatic carbocycles. The van der Waals surface area contributed by atoms with Crippen LogP contribution in [0.25, 0.3) is 10.6 Å². The molecule has 2 aromatic heterocycles. The van der Waals surface area contributed by atoms with Crippen LogP contribution in [0.5, 0.6) is 0 Å². The Hall–Kier alpha value is -0.520. The van der Waals surface area contributed by atoms with Crippen LogP contribution in [0.1, 0.15) is 24.8 Å². The van der Waals surface area contributed by atoms with Gasteiger partial charge in [-0.2, -0.15) is 0 Å². The first kappa shape index (κ1) is 12.9. The van der Waals surface area contributed by atoms with Crippen molar-refractivity contribution in [3.8, 4) is 10.6 Å². The molecule has 0 fully saturated rings. The third kappa shape index (κ3) is 3.72. The van der Waals surface area contributed by atoms with Crippen LogP contribution in [0.3, 0.4) is 0 Å². The number of aryl methyl sites for hydroxylation is 1. The lowest BCUT2D eigenvalue weighted by Crippen LogP contribution is -1.92. The van der Waals surface area contributed by atoms with Gasteiger partial charge in [0.05, 0.1) is 19.4 Å². The summed E-state index contributed by atoms with van der Waals surface area (Å²) in [5.74, 6) is 0.254. The van der Waals surface area contributed by atoms with E-state index in [1.807, 2.05) is 6.07 Å². The van der Waals surface area contributed by atoms with E-state index >= 15 is 0 Å². The minimum Gasteiger partial charge on any atom is -0.300 e. The van der Waals surface area contributed by atoms with E-state index in [9.17, 15) is 4.79 Å². The quantitative estimate of drug-likeness (QED) is 0.805. The molecule has 17 heavy (non-hydrogen) atoms. The number of rotatable bonds is 5. The van der Waals surface area contributed by atoms with Gasteiger partial charge in [-0.1, -0.05) is 0 Å². The zero-order chi connectivity index (χ0) is 12.3. The smallest absolute Gasteiger partial charge is 0.129 e. The molecular formula is C12H12BrNOS2. The number of halogens is 1. The van der Waals surface area contributed by atoms with Crippen molar-refractivity contribution in [2.45, 2.75) is 26.2 Å². The molecule has 0 atom stereocenters. The molecule has 2 nitrogen and oxygen atoms in total. The molecule has 0 aliphatic heterocycles. The van der Waals surface area contributed by atoms with E-state index in [4.69, 9.17) is 0 Å². The van der Waals surface area contributed by atoms with Gasteiger partial charge < -0.3 is 4.79 Å². The van der Waals surface area contributed by atoms with Crippen molar-refractivity contribution in [2.24, 2.45) is 0 Å². The van der Waals surface area contributed by atoms with Gasteiger partial charge in [-0.25, -0.2) is 4.98 Å². The Labute approximate surface area is 117 Å². The number of aromatic nitrogens is 1. The third-order valence-electron chi connectivity index (χ3n) is 2.30. The second-order valence-corrected chi connectivity index (χ2v) is 7.19. The standard InChI is InChI=1S/C12H12BrNOS2/c1-8(15)3-2-4-12-14-9(7-16-12)10-5-6-11(13)17-10/h5-7H,2-4H2,1H3. The first-order valence-corrected chi connectivity index (χ1v) is 7.83. The summed E-state index contributed by atoms with van der Waals surface area (Å²) in [6, 6.07) is 4.11. The fourth-order valence-corrected chi connectivity index (χ4v) is 3.74. The molecule has 90 valence electrons. The molecule has 5 heteroatoms. The normalized spacial score (nSPS) is 10.7. The molecule has 0 unspecified atom stereocenters. The van der Waals surface area contributed by atoms with Gasteiger partial charge in [0.1, 0.15) is 5.78 Å². The maximum Gasteiger partial charge on any atom is 0.129 e. The van der Waals surface area contributed by atoms with Crippen LogP contribution >= 0.6 is 38.6 Å². The Morgan fingerprint density at radius 2 is 2.29 bits per heavy atom. The van der Waals surface area contributed by atoms with Gasteiger partial charge in [-0.15, -0.1) is 22.7 Å². The van der Waals surface area contributed by atoms with Gasteiger partial charge in [-0.05, 0) is 47.8 Å². The Morgan fingerprint density at radius 3 is 2.94 bits per heavy atom. The average molecular weight is 330 g/mol. The van der Waals surface area contributed by atoms with Gasteiger partial charge in [0.15, 0.2) is 0 Å². The molecule has 0 amide bonds. The van der Waals surface area contributed by atoms with E-state index in [1.165, 1.54) is 4.88 Å². The minimum atomic E-state index is 0.254. The first-order chi connectivity index (χ1) is 8.15. The number of thiazole rings is 1. The maximum atomic E-state index is 10.8. The average Bonchev–Trinajstić information content (AvgIpc) is 2.86. The summed E-state index contributed by atoms with van der Waals surface area (Å²) >= 11 is 6.81. The second-order valence-electron chi connectivity index (χ2n) is 3.79. The van der Waals surface area contributed by atoms with Crippen LogP contribution in [0.15, 0.2) is 21.3 Å². The lowest BCUT2D eigenvalue weighted by molar-refractivity contribution is -0.117. The molecular weight excluding hydrogens is 318 g/mol.